The molecule has 4 heteroatoms. The van der Waals surface area contributed by atoms with Gasteiger partial charge in [0.1, 0.15) is 0 Å². The summed E-state index contributed by atoms with van der Waals surface area (Å²) in [7, 11) is 0. The van der Waals surface area contributed by atoms with E-state index in [2.05, 4.69) is 41.5 Å². The van der Waals surface area contributed by atoms with Gasteiger partial charge in [-0.2, -0.15) is 5.26 Å². The van der Waals surface area contributed by atoms with Crippen LogP contribution in [-0.2, 0) is 0 Å². The number of piperazine rings is 1. The van der Waals surface area contributed by atoms with E-state index in [-0.39, 0.29) is 5.41 Å². The van der Waals surface area contributed by atoms with Crippen LogP contribution in [0.2, 0.25) is 0 Å². The predicted octanol–water partition coefficient (Wildman–Crippen LogP) is 1.25. The number of hydrogen-bond donors (Lipinski definition) is 0. The van der Waals surface area contributed by atoms with Gasteiger partial charge in [-0.1, -0.05) is 0 Å². The lowest BCUT2D eigenvalue weighted by Crippen LogP contribution is -2.54. The topological polar surface area (TPSA) is 33.5 Å². The van der Waals surface area contributed by atoms with Crippen molar-refractivity contribution >= 4 is 0 Å². The molecule has 0 saturated carbocycles. The minimum atomic E-state index is -0.0666. The zero-order chi connectivity index (χ0) is 13.9. The first-order chi connectivity index (χ1) is 9.02. The summed E-state index contributed by atoms with van der Waals surface area (Å²) in [5, 5.41) is 8.97. The lowest BCUT2D eigenvalue weighted by atomic mass is 9.84. The Labute approximate surface area is 118 Å². The number of nitrogens with zero attached hydrogens (tertiary/aromatic N) is 4. The third-order valence-corrected chi connectivity index (χ3v) is 4.50. The Balaban J connectivity index is 1.55. The van der Waals surface area contributed by atoms with E-state index in [9.17, 15) is 0 Å². The molecule has 108 valence electrons. The van der Waals surface area contributed by atoms with Crippen molar-refractivity contribution in [2.24, 2.45) is 5.41 Å². The first kappa shape index (κ1) is 14.8. The van der Waals surface area contributed by atoms with Gasteiger partial charge in [0, 0.05) is 45.3 Å². The predicted molar refractivity (Wildman–Crippen MR) is 77.9 cm³/mol. The van der Waals surface area contributed by atoms with Crippen LogP contribution in [0.15, 0.2) is 0 Å². The van der Waals surface area contributed by atoms with E-state index in [1.165, 1.54) is 39.1 Å². The van der Waals surface area contributed by atoms with Crippen LogP contribution in [0.4, 0.5) is 0 Å². The van der Waals surface area contributed by atoms with Crippen molar-refractivity contribution in [3.8, 4) is 6.07 Å². The Hall–Kier alpha value is -0.630. The second kappa shape index (κ2) is 6.21. The second-order valence-electron chi connectivity index (χ2n) is 6.71. The Bertz CT molecular complexity index is 320. The standard InChI is InChI=1S/C15H28N4/c1-14(2)19-9-7-17(8-10-19)5-4-6-18-12-15(3,11-16)13-18/h14H,4-10,12-13H2,1-3H3. The maximum absolute atomic E-state index is 8.97. The van der Waals surface area contributed by atoms with Crippen molar-refractivity contribution in [1.29, 1.82) is 5.26 Å². The van der Waals surface area contributed by atoms with E-state index in [0.717, 1.165) is 19.6 Å². The van der Waals surface area contributed by atoms with E-state index in [1.54, 1.807) is 0 Å². The van der Waals surface area contributed by atoms with Gasteiger partial charge in [0.2, 0.25) is 0 Å². The Kier molecular flexibility index (Phi) is 4.83. The highest BCUT2D eigenvalue weighted by Gasteiger charge is 2.38. The van der Waals surface area contributed by atoms with Crippen LogP contribution in [0.3, 0.4) is 0 Å². The summed E-state index contributed by atoms with van der Waals surface area (Å²) in [6.07, 6.45) is 1.24. The van der Waals surface area contributed by atoms with Gasteiger partial charge in [-0.25, -0.2) is 0 Å². The molecule has 0 aliphatic carbocycles. The minimum Gasteiger partial charge on any atom is -0.301 e. The summed E-state index contributed by atoms with van der Waals surface area (Å²) in [6, 6.07) is 3.09. The van der Waals surface area contributed by atoms with Gasteiger partial charge in [-0.05, 0) is 40.3 Å². The van der Waals surface area contributed by atoms with Gasteiger partial charge in [0.25, 0.3) is 0 Å². The molecule has 0 atom stereocenters. The normalized spacial score (nSPS) is 25.2. The molecule has 0 aromatic carbocycles. The van der Waals surface area contributed by atoms with Gasteiger partial charge in [0.15, 0.2) is 0 Å². The Morgan fingerprint density at radius 3 is 2.16 bits per heavy atom. The second-order valence-corrected chi connectivity index (χ2v) is 6.71. The monoisotopic (exact) mass is 264 g/mol. The third kappa shape index (κ3) is 3.92. The molecule has 2 aliphatic rings. The summed E-state index contributed by atoms with van der Waals surface area (Å²) in [4.78, 5) is 7.56. The van der Waals surface area contributed by atoms with E-state index in [0.29, 0.717) is 6.04 Å². The first-order valence-corrected chi connectivity index (χ1v) is 7.62. The molecule has 0 unspecified atom stereocenters. The number of hydrogen-bond acceptors (Lipinski definition) is 4. The van der Waals surface area contributed by atoms with Crippen LogP contribution in [-0.4, -0.2) is 73.1 Å². The molecule has 19 heavy (non-hydrogen) atoms. The molecular formula is C15H28N4. The highest BCUT2D eigenvalue weighted by Crippen LogP contribution is 2.28. The maximum Gasteiger partial charge on any atom is 0.0799 e. The summed E-state index contributed by atoms with van der Waals surface area (Å²) in [6.45, 7) is 15.8. The summed E-state index contributed by atoms with van der Waals surface area (Å²) < 4.78 is 0. The summed E-state index contributed by atoms with van der Waals surface area (Å²) >= 11 is 0. The fraction of sp³-hybridized carbons (Fsp3) is 0.933. The zero-order valence-electron chi connectivity index (χ0n) is 12.7. The fourth-order valence-corrected chi connectivity index (χ4v) is 3.19. The van der Waals surface area contributed by atoms with Gasteiger partial charge >= 0.3 is 0 Å². The fourth-order valence-electron chi connectivity index (χ4n) is 3.19. The van der Waals surface area contributed by atoms with Crippen LogP contribution in [0.25, 0.3) is 0 Å². The Morgan fingerprint density at radius 2 is 1.63 bits per heavy atom. The van der Waals surface area contributed by atoms with Crippen molar-refractivity contribution in [3.05, 3.63) is 0 Å². The number of likely N-dealkylation sites (tertiary alicyclic amines) is 1. The smallest absolute Gasteiger partial charge is 0.0799 e. The van der Waals surface area contributed by atoms with Gasteiger partial charge in [-0.3, -0.25) is 4.90 Å². The molecule has 2 saturated heterocycles. The molecule has 2 aliphatic heterocycles. The molecule has 0 spiro atoms. The largest absolute Gasteiger partial charge is 0.301 e. The number of rotatable bonds is 5. The van der Waals surface area contributed by atoms with Crippen LogP contribution >= 0.6 is 0 Å². The highest BCUT2D eigenvalue weighted by atomic mass is 15.3. The quantitative estimate of drug-likeness (QED) is 0.748. The molecule has 0 N–H and O–H groups in total. The molecule has 0 aromatic heterocycles. The lowest BCUT2D eigenvalue weighted by Gasteiger charge is -2.44. The lowest BCUT2D eigenvalue weighted by molar-refractivity contribution is 0.0517. The van der Waals surface area contributed by atoms with E-state index < -0.39 is 0 Å². The van der Waals surface area contributed by atoms with E-state index in [4.69, 9.17) is 5.26 Å². The van der Waals surface area contributed by atoms with E-state index >= 15 is 0 Å². The minimum absolute atomic E-state index is 0.0666. The van der Waals surface area contributed by atoms with Crippen molar-refractivity contribution in [3.63, 3.8) is 0 Å². The SMILES string of the molecule is CC(C)N1CCN(CCCN2CC(C)(C#N)C2)CC1. The van der Waals surface area contributed by atoms with Crippen molar-refractivity contribution < 1.29 is 0 Å². The molecular weight excluding hydrogens is 236 g/mol. The van der Waals surface area contributed by atoms with Gasteiger partial charge in [-0.15, -0.1) is 0 Å². The molecule has 2 rings (SSSR count). The summed E-state index contributed by atoms with van der Waals surface area (Å²) in [5.41, 5.74) is -0.0666. The first-order valence-electron chi connectivity index (χ1n) is 7.62. The van der Waals surface area contributed by atoms with Gasteiger partial charge < -0.3 is 9.80 Å². The third-order valence-electron chi connectivity index (χ3n) is 4.50. The molecule has 0 amide bonds. The van der Waals surface area contributed by atoms with Crippen LogP contribution < -0.4 is 0 Å². The Morgan fingerprint density at radius 1 is 1.05 bits per heavy atom. The summed E-state index contributed by atoms with van der Waals surface area (Å²) in [5.74, 6) is 0. The zero-order valence-corrected chi connectivity index (χ0v) is 12.7. The molecule has 0 bridgehead atoms. The van der Waals surface area contributed by atoms with Crippen LogP contribution in [0.1, 0.15) is 27.2 Å². The number of nitriles is 1. The average molecular weight is 264 g/mol. The highest BCUT2D eigenvalue weighted by molar-refractivity contribution is 5.06. The molecule has 0 radical (unpaired) electrons. The van der Waals surface area contributed by atoms with Crippen LogP contribution in [0.5, 0.6) is 0 Å². The van der Waals surface area contributed by atoms with Crippen LogP contribution in [0, 0.1) is 16.7 Å². The molecule has 2 fully saturated rings. The van der Waals surface area contributed by atoms with Crippen molar-refractivity contribution in [2.75, 3.05) is 52.4 Å². The van der Waals surface area contributed by atoms with Gasteiger partial charge in [0.05, 0.1) is 11.5 Å². The maximum atomic E-state index is 8.97. The van der Waals surface area contributed by atoms with E-state index in [1.807, 2.05) is 0 Å². The van der Waals surface area contributed by atoms with Crippen molar-refractivity contribution in [1.82, 2.24) is 14.7 Å². The molecule has 2 heterocycles. The molecule has 4 nitrogen and oxygen atoms in total. The average Bonchev–Trinajstić information content (AvgIpc) is 2.37. The van der Waals surface area contributed by atoms with Crippen molar-refractivity contribution in [2.45, 2.75) is 33.2 Å². The molecule has 0 aromatic rings.